The Balaban J connectivity index is 2.16. The predicted octanol–water partition coefficient (Wildman–Crippen LogP) is 3.94. The van der Waals surface area contributed by atoms with E-state index in [2.05, 4.69) is 0 Å². The number of aliphatic hydroxyl groups is 1. The average molecular weight is 342 g/mol. The van der Waals surface area contributed by atoms with E-state index in [9.17, 15) is 9.90 Å². The lowest BCUT2D eigenvalue weighted by Gasteiger charge is -2.27. The van der Waals surface area contributed by atoms with Crippen molar-refractivity contribution < 1.29 is 23.8 Å². The predicted molar refractivity (Wildman–Crippen MR) is 95.4 cm³/mol. The van der Waals surface area contributed by atoms with Crippen LogP contribution in [-0.4, -0.2) is 24.3 Å². The SMILES string of the molecule is CC=C(C)C(=O)OCc1c2c(c(OC)c3occc13)C=C[C@H](O)[C@@H]2C. The van der Waals surface area contributed by atoms with Crippen LogP contribution in [0, 0.1) is 0 Å². The molecule has 1 N–H and O–H groups in total. The summed E-state index contributed by atoms with van der Waals surface area (Å²) >= 11 is 0. The fourth-order valence-corrected chi connectivity index (χ4v) is 3.22. The number of methoxy groups -OCH3 is 1. The Morgan fingerprint density at radius 1 is 1.44 bits per heavy atom. The Morgan fingerprint density at radius 2 is 2.20 bits per heavy atom. The van der Waals surface area contributed by atoms with Gasteiger partial charge in [0.05, 0.1) is 19.5 Å². The van der Waals surface area contributed by atoms with Crippen LogP contribution in [0.4, 0.5) is 0 Å². The molecule has 0 bridgehead atoms. The summed E-state index contributed by atoms with van der Waals surface area (Å²) in [5.41, 5.74) is 3.79. The highest BCUT2D eigenvalue weighted by molar-refractivity contribution is 5.93. The van der Waals surface area contributed by atoms with Crippen LogP contribution < -0.4 is 4.74 Å². The van der Waals surface area contributed by atoms with E-state index in [4.69, 9.17) is 13.9 Å². The number of esters is 1. The maximum Gasteiger partial charge on any atom is 0.333 e. The minimum atomic E-state index is -0.603. The first kappa shape index (κ1) is 17.3. The van der Waals surface area contributed by atoms with Crippen molar-refractivity contribution in [3.05, 3.63) is 46.7 Å². The van der Waals surface area contributed by atoms with Gasteiger partial charge in [-0.25, -0.2) is 4.79 Å². The second-order valence-corrected chi connectivity index (χ2v) is 6.19. The smallest absolute Gasteiger partial charge is 0.333 e. The lowest BCUT2D eigenvalue weighted by molar-refractivity contribution is -0.140. The molecule has 0 radical (unpaired) electrons. The van der Waals surface area contributed by atoms with Gasteiger partial charge in [0.15, 0.2) is 11.3 Å². The first-order valence-electron chi connectivity index (χ1n) is 8.25. The summed E-state index contributed by atoms with van der Waals surface area (Å²) in [6, 6.07) is 1.83. The molecule has 3 rings (SSSR count). The van der Waals surface area contributed by atoms with Crippen molar-refractivity contribution in [3.63, 3.8) is 0 Å². The van der Waals surface area contributed by atoms with Crippen LogP contribution in [0.2, 0.25) is 0 Å². The van der Waals surface area contributed by atoms with E-state index >= 15 is 0 Å². The first-order chi connectivity index (χ1) is 12.0. The van der Waals surface area contributed by atoms with Gasteiger partial charge in [-0.05, 0) is 25.5 Å². The van der Waals surface area contributed by atoms with E-state index in [1.165, 1.54) is 0 Å². The van der Waals surface area contributed by atoms with Crippen molar-refractivity contribution in [2.45, 2.75) is 39.4 Å². The molecule has 0 aliphatic heterocycles. The lowest BCUT2D eigenvalue weighted by atomic mass is 9.81. The summed E-state index contributed by atoms with van der Waals surface area (Å²) in [6.45, 7) is 5.57. The molecule has 1 aromatic heterocycles. The van der Waals surface area contributed by atoms with Gasteiger partial charge in [0.2, 0.25) is 0 Å². The summed E-state index contributed by atoms with van der Waals surface area (Å²) in [6.07, 6.45) is 6.28. The van der Waals surface area contributed by atoms with Gasteiger partial charge in [-0.2, -0.15) is 0 Å². The van der Waals surface area contributed by atoms with Gasteiger partial charge in [-0.3, -0.25) is 0 Å². The molecule has 2 aromatic rings. The number of benzene rings is 1. The van der Waals surface area contributed by atoms with Crippen molar-refractivity contribution in [3.8, 4) is 5.75 Å². The second kappa shape index (κ2) is 6.76. The average Bonchev–Trinajstić information content (AvgIpc) is 3.10. The number of ether oxygens (including phenoxy) is 2. The Morgan fingerprint density at radius 3 is 2.88 bits per heavy atom. The number of furan rings is 1. The number of hydrogen-bond acceptors (Lipinski definition) is 5. The molecule has 1 aliphatic rings. The highest BCUT2D eigenvalue weighted by atomic mass is 16.5. The van der Waals surface area contributed by atoms with Gasteiger partial charge in [-0.15, -0.1) is 0 Å². The van der Waals surface area contributed by atoms with E-state index in [0.717, 1.165) is 22.1 Å². The number of rotatable bonds is 4. The molecule has 2 atom stereocenters. The summed E-state index contributed by atoms with van der Waals surface area (Å²) in [4.78, 5) is 12.1. The van der Waals surface area contributed by atoms with Gasteiger partial charge in [0.1, 0.15) is 6.61 Å². The van der Waals surface area contributed by atoms with Gasteiger partial charge in [0, 0.05) is 28.0 Å². The van der Waals surface area contributed by atoms with Crippen LogP contribution in [-0.2, 0) is 16.1 Å². The number of fused-ring (bicyclic) bond motifs is 2. The molecular formula is C20H22O5. The molecule has 5 nitrogen and oxygen atoms in total. The van der Waals surface area contributed by atoms with Gasteiger partial charge in [-0.1, -0.05) is 25.2 Å². The zero-order valence-electron chi connectivity index (χ0n) is 14.8. The minimum Gasteiger partial charge on any atom is -0.492 e. The Hall–Kier alpha value is -2.53. The standard InChI is InChI=1S/C20H22O5/c1-5-11(2)20(22)25-10-15-13-8-9-24-19(13)18(23-4)14-6-7-16(21)12(3)17(14)15/h5-9,12,16,21H,10H2,1-4H3/t12-,16-/m0/s1. The Bertz CT molecular complexity index is 872. The first-order valence-corrected chi connectivity index (χ1v) is 8.25. The fraction of sp³-hybridized carbons (Fsp3) is 0.350. The maximum absolute atomic E-state index is 12.1. The quantitative estimate of drug-likeness (QED) is 0.673. The number of carbonyl (C=O) groups is 1. The maximum atomic E-state index is 12.1. The number of carbonyl (C=O) groups excluding carboxylic acids is 1. The minimum absolute atomic E-state index is 0.108. The zero-order valence-corrected chi connectivity index (χ0v) is 14.8. The Kier molecular flexibility index (Phi) is 4.68. The molecule has 0 unspecified atom stereocenters. The molecule has 0 fully saturated rings. The Labute approximate surface area is 146 Å². The van der Waals surface area contributed by atoms with Crippen LogP contribution in [0.15, 0.2) is 34.5 Å². The number of allylic oxidation sites excluding steroid dienone is 1. The zero-order chi connectivity index (χ0) is 18.1. The van der Waals surface area contributed by atoms with Crippen molar-refractivity contribution in [2.24, 2.45) is 0 Å². The molecule has 0 saturated carbocycles. The molecular weight excluding hydrogens is 320 g/mol. The molecule has 5 heteroatoms. The van der Waals surface area contributed by atoms with Gasteiger partial charge in [0.25, 0.3) is 0 Å². The summed E-state index contributed by atoms with van der Waals surface area (Å²) in [5, 5.41) is 11.1. The van der Waals surface area contributed by atoms with Crippen molar-refractivity contribution in [2.75, 3.05) is 7.11 Å². The number of aliphatic hydroxyl groups excluding tert-OH is 1. The molecule has 25 heavy (non-hydrogen) atoms. The van der Waals surface area contributed by atoms with E-state index in [0.29, 0.717) is 16.9 Å². The van der Waals surface area contributed by atoms with Crippen molar-refractivity contribution >= 4 is 23.0 Å². The molecule has 1 aliphatic carbocycles. The van der Waals surface area contributed by atoms with Gasteiger partial charge >= 0.3 is 5.97 Å². The van der Waals surface area contributed by atoms with Crippen LogP contribution >= 0.6 is 0 Å². The lowest BCUT2D eigenvalue weighted by Crippen LogP contribution is -2.20. The van der Waals surface area contributed by atoms with Crippen LogP contribution in [0.3, 0.4) is 0 Å². The highest BCUT2D eigenvalue weighted by Gasteiger charge is 2.30. The summed E-state index contributed by atoms with van der Waals surface area (Å²) in [7, 11) is 1.59. The van der Waals surface area contributed by atoms with Gasteiger partial charge < -0.3 is 19.0 Å². The van der Waals surface area contributed by atoms with Crippen LogP contribution in [0.1, 0.15) is 43.4 Å². The van der Waals surface area contributed by atoms with Crippen LogP contribution in [0.25, 0.3) is 17.0 Å². The third-order valence-corrected chi connectivity index (χ3v) is 4.79. The van der Waals surface area contributed by atoms with Crippen molar-refractivity contribution in [1.82, 2.24) is 0 Å². The molecule has 0 amide bonds. The molecule has 1 aromatic carbocycles. The van der Waals surface area contributed by atoms with Crippen molar-refractivity contribution in [1.29, 1.82) is 0 Å². The molecule has 132 valence electrons. The second-order valence-electron chi connectivity index (χ2n) is 6.19. The largest absolute Gasteiger partial charge is 0.492 e. The molecule has 0 saturated heterocycles. The summed E-state index contributed by atoms with van der Waals surface area (Å²) < 4.78 is 16.7. The normalized spacial score (nSPS) is 19.8. The highest BCUT2D eigenvalue weighted by Crippen LogP contribution is 2.44. The molecule has 0 spiro atoms. The summed E-state index contributed by atoms with van der Waals surface area (Å²) in [5.74, 6) is 0.123. The van der Waals surface area contributed by atoms with E-state index < -0.39 is 6.10 Å². The monoisotopic (exact) mass is 342 g/mol. The fourth-order valence-electron chi connectivity index (χ4n) is 3.22. The third-order valence-electron chi connectivity index (χ3n) is 4.79. The molecule has 1 heterocycles. The third kappa shape index (κ3) is 2.85. The van der Waals surface area contributed by atoms with E-state index in [-0.39, 0.29) is 18.5 Å². The van der Waals surface area contributed by atoms with E-state index in [1.54, 1.807) is 39.4 Å². The number of hydrogen-bond donors (Lipinski definition) is 1. The topological polar surface area (TPSA) is 68.9 Å². The van der Waals surface area contributed by atoms with Crippen LogP contribution in [0.5, 0.6) is 5.75 Å². The van der Waals surface area contributed by atoms with E-state index in [1.807, 2.05) is 19.1 Å².